The Morgan fingerprint density at radius 1 is 1.34 bits per heavy atom. The van der Waals surface area contributed by atoms with E-state index in [9.17, 15) is 9.90 Å². The molecule has 1 atom stereocenters. The zero-order chi connectivity index (χ0) is 21.0. The summed E-state index contributed by atoms with van der Waals surface area (Å²) in [4.78, 5) is 17.4. The fraction of sp³-hybridized carbons (Fsp3) is 0.450. The maximum absolute atomic E-state index is 12.8. The van der Waals surface area contributed by atoms with E-state index in [1.54, 1.807) is 17.8 Å². The molecule has 2 heterocycles. The van der Waals surface area contributed by atoms with Crippen LogP contribution in [-0.4, -0.2) is 53.1 Å². The first-order valence-corrected chi connectivity index (χ1v) is 14.2. The zero-order valence-electron chi connectivity index (χ0n) is 17.3. The van der Waals surface area contributed by atoms with Crippen molar-refractivity contribution >= 4 is 35.5 Å². The molecule has 0 spiro atoms. The molecule has 29 heavy (non-hydrogen) atoms. The average molecular weight is 433 g/mol. The topological polar surface area (TPSA) is 89.3 Å². The molecule has 0 bridgehead atoms. The van der Waals surface area contributed by atoms with E-state index >= 15 is 0 Å². The van der Waals surface area contributed by atoms with Crippen molar-refractivity contribution < 1.29 is 14.6 Å². The van der Waals surface area contributed by atoms with Gasteiger partial charge >= 0.3 is 0 Å². The second-order valence-corrected chi connectivity index (χ2v) is 15.0. The van der Waals surface area contributed by atoms with Crippen LogP contribution < -0.4 is 5.32 Å². The van der Waals surface area contributed by atoms with Crippen molar-refractivity contribution in [2.24, 2.45) is 0 Å². The lowest BCUT2D eigenvalue weighted by Gasteiger charge is -2.15. The van der Waals surface area contributed by atoms with Gasteiger partial charge in [-0.15, -0.1) is 11.3 Å². The molecule has 7 nitrogen and oxygen atoms in total. The molecular formula is C20H28N4O3SSi. The number of ether oxygens (including phenoxy) is 1. The number of nitrogens with zero attached hydrogens (tertiary/aromatic N) is 3. The lowest BCUT2D eigenvalue weighted by Crippen LogP contribution is -2.35. The molecular weight excluding hydrogens is 404 g/mol. The number of aliphatic hydroxyl groups excluding tert-OH is 1. The van der Waals surface area contributed by atoms with Crippen molar-refractivity contribution in [3.8, 4) is 10.7 Å². The molecule has 0 saturated carbocycles. The maximum atomic E-state index is 12.8. The Labute approximate surface area is 175 Å². The number of benzene rings is 1. The minimum absolute atomic E-state index is 0.129. The van der Waals surface area contributed by atoms with Gasteiger partial charge in [0.2, 0.25) is 0 Å². The molecule has 0 aliphatic heterocycles. The first kappa shape index (κ1) is 21.6. The van der Waals surface area contributed by atoms with Gasteiger partial charge in [0.25, 0.3) is 5.91 Å². The summed E-state index contributed by atoms with van der Waals surface area (Å²) in [5.41, 5.74) is 1.84. The van der Waals surface area contributed by atoms with E-state index < -0.39 is 8.07 Å². The largest absolute Gasteiger partial charge is 0.394 e. The van der Waals surface area contributed by atoms with E-state index in [0.717, 1.165) is 16.3 Å². The SMILES string of the molecule is C[C@@H](CO)NC(=O)c1cn(COCC[Si](C)(C)C)nc1-c1nc2ccccc2s1. The van der Waals surface area contributed by atoms with Crippen LogP contribution in [0.5, 0.6) is 0 Å². The molecule has 1 aromatic carbocycles. The van der Waals surface area contributed by atoms with Crippen LogP contribution in [0.25, 0.3) is 20.9 Å². The molecule has 1 amide bonds. The molecule has 0 fully saturated rings. The Kier molecular flexibility index (Phi) is 6.84. The summed E-state index contributed by atoms with van der Waals surface area (Å²) >= 11 is 1.50. The van der Waals surface area contributed by atoms with Crippen molar-refractivity contribution in [2.45, 2.75) is 45.4 Å². The van der Waals surface area contributed by atoms with Gasteiger partial charge in [0.05, 0.1) is 22.4 Å². The van der Waals surface area contributed by atoms with Gasteiger partial charge in [-0.05, 0) is 25.1 Å². The highest BCUT2D eigenvalue weighted by Gasteiger charge is 2.22. The molecule has 0 saturated heterocycles. The Morgan fingerprint density at radius 2 is 2.10 bits per heavy atom. The number of amides is 1. The van der Waals surface area contributed by atoms with Gasteiger partial charge in [-0.1, -0.05) is 31.8 Å². The Balaban J connectivity index is 1.86. The lowest BCUT2D eigenvalue weighted by molar-refractivity contribution is 0.0785. The van der Waals surface area contributed by atoms with E-state index in [1.165, 1.54) is 11.3 Å². The molecule has 2 aromatic heterocycles. The highest BCUT2D eigenvalue weighted by atomic mass is 32.1. The van der Waals surface area contributed by atoms with Crippen LogP contribution in [0.4, 0.5) is 0 Å². The number of carbonyl (C=O) groups excluding carboxylic acids is 1. The number of aliphatic hydroxyl groups is 1. The van der Waals surface area contributed by atoms with Gasteiger partial charge in [-0.3, -0.25) is 4.79 Å². The summed E-state index contributed by atoms with van der Waals surface area (Å²) in [6.07, 6.45) is 1.69. The second-order valence-electron chi connectivity index (χ2n) is 8.32. The number of rotatable bonds is 9. The van der Waals surface area contributed by atoms with E-state index in [-0.39, 0.29) is 25.3 Å². The smallest absolute Gasteiger partial charge is 0.255 e. The summed E-state index contributed by atoms with van der Waals surface area (Å²) in [6, 6.07) is 8.57. The van der Waals surface area contributed by atoms with Crippen LogP contribution in [0.3, 0.4) is 0 Å². The third kappa shape index (κ3) is 5.72. The molecule has 0 unspecified atom stereocenters. The van der Waals surface area contributed by atoms with Gasteiger partial charge in [0, 0.05) is 26.9 Å². The zero-order valence-corrected chi connectivity index (χ0v) is 19.1. The fourth-order valence-electron chi connectivity index (χ4n) is 2.67. The van der Waals surface area contributed by atoms with Gasteiger partial charge in [-0.2, -0.15) is 5.10 Å². The standard InChI is InChI=1S/C20H28N4O3SSi/c1-14(12-25)21-19(26)15-11-24(13-27-9-10-29(2,3)4)23-18(15)20-22-16-7-5-6-8-17(16)28-20/h5-8,11,14,25H,9-10,12-13H2,1-4H3,(H,21,26)/t14-/m0/s1. The number of aromatic nitrogens is 3. The van der Waals surface area contributed by atoms with Crippen molar-refractivity contribution in [1.82, 2.24) is 20.1 Å². The third-order valence-electron chi connectivity index (χ3n) is 4.37. The molecule has 3 rings (SSSR count). The predicted octanol–water partition coefficient (Wildman–Crippen LogP) is 3.58. The van der Waals surface area contributed by atoms with Crippen LogP contribution in [0, 0.1) is 0 Å². The Hall–Kier alpha value is -2.07. The van der Waals surface area contributed by atoms with E-state index in [0.29, 0.717) is 22.9 Å². The minimum atomic E-state index is -1.16. The van der Waals surface area contributed by atoms with Gasteiger partial charge in [0.1, 0.15) is 17.4 Å². The summed E-state index contributed by atoms with van der Waals surface area (Å²) < 4.78 is 8.47. The molecule has 156 valence electrons. The number of para-hydroxylation sites is 1. The number of carbonyl (C=O) groups is 1. The maximum Gasteiger partial charge on any atom is 0.255 e. The van der Waals surface area contributed by atoms with Gasteiger partial charge in [-0.25, -0.2) is 9.67 Å². The number of thiazole rings is 1. The number of hydrogen-bond acceptors (Lipinski definition) is 6. The monoisotopic (exact) mass is 432 g/mol. The summed E-state index contributed by atoms with van der Waals surface area (Å²) in [5.74, 6) is -0.283. The lowest BCUT2D eigenvalue weighted by atomic mass is 10.2. The van der Waals surface area contributed by atoms with E-state index in [1.807, 2.05) is 24.3 Å². The summed E-state index contributed by atoms with van der Waals surface area (Å²) in [5, 5.41) is 17.3. The van der Waals surface area contributed by atoms with Crippen LogP contribution >= 0.6 is 11.3 Å². The van der Waals surface area contributed by atoms with Crippen LogP contribution in [-0.2, 0) is 11.5 Å². The Morgan fingerprint density at radius 3 is 2.79 bits per heavy atom. The quantitative estimate of drug-likeness (QED) is 0.398. The van der Waals surface area contributed by atoms with Crippen molar-refractivity contribution in [3.63, 3.8) is 0 Å². The molecule has 0 aliphatic carbocycles. The van der Waals surface area contributed by atoms with Gasteiger partial charge in [0.15, 0.2) is 0 Å². The third-order valence-corrected chi connectivity index (χ3v) is 7.12. The van der Waals surface area contributed by atoms with Crippen molar-refractivity contribution in [3.05, 3.63) is 36.0 Å². The predicted molar refractivity (Wildman–Crippen MR) is 119 cm³/mol. The first-order valence-electron chi connectivity index (χ1n) is 9.70. The summed E-state index contributed by atoms with van der Waals surface area (Å²) in [6.45, 7) is 9.50. The highest BCUT2D eigenvalue weighted by molar-refractivity contribution is 7.21. The molecule has 0 radical (unpaired) electrons. The van der Waals surface area contributed by atoms with E-state index in [4.69, 9.17) is 4.74 Å². The minimum Gasteiger partial charge on any atom is -0.394 e. The number of hydrogen-bond donors (Lipinski definition) is 2. The van der Waals surface area contributed by atoms with Crippen LogP contribution in [0.2, 0.25) is 25.7 Å². The highest BCUT2D eigenvalue weighted by Crippen LogP contribution is 2.31. The van der Waals surface area contributed by atoms with E-state index in [2.05, 4.69) is 35.0 Å². The van der Waals surface area contributed by atoms with Crippen molar-refractivity contribution in [1.29, 1.82) is 0 Å². The number of nitrogens with one attached hydrogen (secondary N) is 1. The second kappa shape index (κ2) is 9.16. The average Bonchev–Trinajstić information content (AvgIpc) is 3.28. The number of fused-ring (bicyclic) bond motifs is 1. The normalized spacial score (nSPS) is 13.0. The molecule has 3 aromatic rings. The van der Waals surface area contributed by atoms with Crippen molar-refractivity contribution in [2.75, 3.05) is 13.2 Å². The van der Waals surface area contributed by atoms with Crippen LogP contribution in [0.1, 0.15) is 17.3 Å². The summed E-state index contributed by atoms with van der Waals surface area (Å²) in [7, 11) is -1.16. The molecule has 0 aliphatic rings. The fourth-order valence-corrected chi connectivity index (χ4v) is 4.39. The van der Waals surface area contributed by atoms with Crippen LogP contribution in [0.15, 0.2) is 30.5 Å². The Bertz CT molecular complexity index is 947. The molecule has 9 heteroatoms. The van der Waals surface area contributed by atoms with Gasteiger partial charge < -0.3 is 15.2 Å². The molecule has 2 N–H and O–H groups in total. The first-order chi connectivity index (χ1) is 13.8.